The highest BCUT2D eigenvalue weighted by Gasteiger charge is 2.26. The molecule has 1 aromatic carbocycles. The minimum absolute atomic E-state index is 0.0287. The molecule has 0 bridgehead atoms. The quantitative estimate of drug-likeness (QED) is 0.838. The van der Waals surface area contributed by atoms with Crippen molar-refractivity contribution in [2.24, 2.45) is 0 Å². The zero-order valence-corrected chi connectivity index (χ0v) is 14.0. The Kier molecular flexibility index (Phi) is 5.83. The van der Waals surface area contributed by atoms with Gasteiger partial charge in [-0.1, -0.05) is 32.0 Å². The summed E-state index contributed by atoms with van der Waals surface area (Å²) >= 11 is 0. The molecular weight excluding hydrogens is 278 g/mol. The predicted octanol–water partition coefficient (Wildman–Crippen LogP) is 3.21. The zero-order valence-electron chi connectivity index (χ0n) is 14.0. The van der Waals surface area contributed by atoms with E-state index in [0.29, 0.717) is 19.0 Å². The van der Waals surface area contributed by atoms with Crippen LogP contribution in [0.1, 0.15) is 45.6 Å². The number of morpholine rings is 1. The van der Waals surface area contributed by atoms with Crippen LogP contribution in [0.15, 0.2) is 24.3 Å². The minimum atomic E-state index is 0.0287. The molecule has 4 nitrogen and oxygen atoms in total. The van der Waals surface area contributed by atoms with Crippen molar-refractivity contribution >= 4 is 5.91 Å². The van der Waals surface area contributed by atoms with Crippen LogP contribution in [0, 0.1) is 0 Å². The SMILES string of the molecule is CCC(C)c1ccccc1OCC(=O)N1CC(C)OC(C)C1. The van der Waals surface area contributed by atoms with Gasteiger partial charge in [0.1, 0.15) is 5.75 Å². The van der Waals surface area contributed by atoms with Crippen LogP contribution in [0.4, 0.5) is 0 Å². The maximum atomic E-state index is 12.4. The summed E-state index contributed by atoms with van der Waals surface area (Å²) in [5, 5.41) is 0. The summed E-state index contributed by atoms with van der Waals surface area (Å²) < 4.78 is 11.5. The highest BCUT2D eigenvalue weighted by atomic mass is 16.5. The van der Waals surface area contributed by atoms with Crippen LogP contribution in [0.5, 0.6) is 5.75 Å². The van der Waals surface area contributed by atoms with Gasteiger partial charge in [-0.15, -0.1) is 0 Å². The molecule has 3 unspecified atom stereocenters. The molecule has 1 aromatic rings. The summed E-state index contributed by atoms with van der Waals surface area (Å²) in [6.07, 6.45) is 1.22. The number of ether oxygens (including phenoxy) is 2. The third-order valence-electron chi connectivity index (χ3n) is 4.19. The van der Waals surface area contributed by atoms with Crippen molar-refractivity contribution in [3.8, 4) is 5.75 Å². The number of rotatable bonds is 5. The molecule has 1 aliphatic rings. The Morgan fingerprint density at radius 1 is 1.32 bits per heavy atom. The standard InChI is InChI=1S/C18H27NO3/c1-5-13(2)16-8-6-7-9-17(16)21-12-18(20)19-10-14(3)22-15(4)11-19/h6-9,13-15H,5,10-12H2,1-4H3. The van der Waals surface area contributed by atoms with Crippen LogP contribution < -0.4 is 4.74 Å². The maximum Gasteiger partial charge on any atom is 0.260 e. The van der Waals surface area contributed by atoms with E-state index in [9.17, 15) is 4.79 Å². The second kappa shape index (κ2) is 7.63. The summed E-state index contributed by atoms with van der Waals surface area (Å²) in [6.45, 7) is 9.69. The van der Waals surface area contributed by atoms with Crippen molar-refractivity contribution in [2.45, 2.75) is 52.2 Å². The smallest absolute Gasteiger partial charge is 0.260 e. The van der Waals surface area contributed by atoms with Gasteiger partial charge in [0.2, 0.25) is 0 Å². The molecule has 122 valence electrons. The molecule has 3 atom stereocenters. The highest BCUT2D eigenvalue weighted by molar-refractivity contribution is 5.78. The van der Waals surface area contributed by atoms with E-state index in [0.717, 1.165) is 12.2 Å². The molecule has 4 heteroatoms. The molecule has 0 spiro atoms. The van der Waals surface area contributed by atoms with Crippen LogP contribution in [0.3, 0.4) is 0 Å². The van der Waals surface area contributed by atoms with Gasteiger partial charge in [-0.2, -0.15) is 0 Å². The molecule has 1 amide bonds. The van der Waals surface area contributed by atoms with Gasteiger partial charge in [0, 0.05) is 13.1 Å². The van der Waals surface area contributed by atoms with Gasteiger partial charge in [0.05, 0.1) is 12.2 Å². The second-order valence-corrected chi connectivity index (χ2v) is 6.19. The van der Waals surface area contributed by atoms with Gasteiger partial charge in [0.25, 0.3) is 5.91 Å². The van der Waals surface area contributed by atoms with E-state index in [1.165, 1.54) is 5.56 Å². The fourth-order valence-corrected chi connectivity index (χ4v) is 2.85. The van der Waals surface area contributed by atoms with Crippen molar-refractivity contribution in [3.63, 3.8) is 0 Å². The zero-order chi connectivity index (χ0) is 16.1. The summed E-state index contributed by atoms with van der Waals surface area (Å²) in [5.74, 6) is 1.27. The van der Waals surface area contributed by atoms with E-state index in [1.807, 2.05) is 36.9 Å². The lowest BCUT2D eigenvalue weighted by Crippen LogP contribution is -2.49. The first-order chi connectivity index (χ1) is 10.5. The molecule has 22 heavy (non-hydrogen) atoms. The summed E-state index contributed by atoms with van der Waals surface area (Å²) in [4.78, 5) is 14.2. The van der Waals surface area contributed by atoms with Gasteiger partial charge < -0.3 is 14.4 Å². The van der Waals surface area contributed by atoms with Crippen LogP contribution in [-0.2, 0) is 9.53 Å². The van der Waals surface area contributed by atoms with Gasteiger partial charge in [0.15, 0.2) is 6.61 Å². The van der Waals surface area contributed by atoms with Crippen molar-refractivity contribution in [1.29, 1.82) is 0 Å². The topological polar surface area (TPSA) is 38.8 Å². The van der Waals surface area contributed by atoms with Crippen LogP contribution >= 0.6 is 0 Å². The minimum Gasteiger partial charge on any atom is -0.483 e. The van der Waals surface area contributed by atoms with Crippen LogP contribution in [0.25, 0.3) is 0 Å². The van der Waals surface area contributed by atoms with Crippen LogP contribution in [0.2, 0.25) is 0 Å². The first-order valence-corrected chi connectivity index (χ1v) is 8.16. The molecule has 0 N–H and O–H groups in total. The normalized spacial score (nSPS) is 23.2. The summed E-state index contributed by atoms with van der Waals surface area (Å²) in [6, 6.07) is 7.98. The number of hydrogen-bond acceptors (Lipinski definition) is 3. The van der Waals surface area contributed by atoms with E-state index in [1.54, 1.807) is 0 Å². The maximum absolute atomic E-state index is 12.4. The lowest BCUT2D eigenvalue weighted by Gasteiger charge is -2.35. The Morgan fingerprint density at radius 2 is 1.95 bits per heavy atom. The number of carbonyl (C=O) groups excluding carboxylic acids is 1. The van der Waals surface area contributed by atoms with E-state index >= 15 is 0 Å². The Morgan fingerprint density at radius 3 is 2.59 bits per heavy atom. The molecule has 0 radical (unpaired) electrons. The molecule has 0 aliphatic carbocycles. The van der Waals surface area contributed by atoms with Crippen molar-refractivity contribution in [1.82, 2.24) is 4.90 Å². The molecule has 1 heterocycles. The molecule has 1 fully saturated rings. The van der Waals surface area contributed by atoms with E-state index < -0.39 is 0 Å². The number of amides is 1. The van der Waals surface area contributed by atoms with Crippen LogP contribution in [-0.4, -0.2) is 42.7 Å². The fraction of sp³-hybridized carbons (Fsp3) is 0.611. The number of nitrogens with zero attached hydrogens (tertiary/aromatic N) is 1. The fourth-order valence-electron chi connectivity index (χ4n) is 2.85. The van der Waals surface area contributed by atoms with E-state index in [-0.39, 0.29) is 24.7 Å². The van der Waals surface area contributed by atoms with Gasteiger partial charge in [-0.05, 0) is 37.8 Å². The lowest BCUT2D eigenvalue weighted by atomic mass is 9.98. The van der Waals surface area contributed by atoms with Crippen molar-refractivity contribution < 1.29 is 14.3 Å². The monoisotopic (exact) mass is 305 g/mol. The number of para-hydroxylation sites is 1. The Hall–Kier alpha value is -1.55. The largest absolute Gasteiger partial charge is 0.483 e. The first kappa shape index (κ1) is 16.8. The van der Waals surface area contributed by atoms with Crippen molar-refractivity contribution in [3.05, 3.63) is 29.8 Å². The first-order valence-electron chi connectivity index (χ1n) is 8.16. The van der Waals surface area contributed by atoms with Gasteiger partial charge in [-0.3, -0.25) is 4.79 Å². The molecule has 1 aliphatic heterocycles. The van der Waals surface area contributed by atoms with E-state index in [4.69, 9.17) is 9.47 Å². The Balaban J connectivity index is 1.97. The third-order valence-corrected chi connectivity index (χ3v) is 4.19. The third kappa shape index (κ3) is 4.23. The van der Waals surface area contributed by atoms with Crippen molar-refractivity contribution in [2.75, 3.05) is 19.7 Å². The number of carbonyl (C=O) groups is 1. The Labute approximate surface area is 133 Å². The summed E-state index contributed by atoms with van der Waals surface area (Å²) in [5.41, 5.74) is 1.17. The lowest BCUT2D eigenvalue weighted by molar-refractivity contribution is -0.145. The molecular formula is C18H27NO3. The molecule has 0 aromatic heterocycles. The molecule has 2 rings (SSSR count). The molecule has 1 saturated heterocycles. The van der Waals surface area contributed by atoms with E-state index in [2.05, 4.69) is 19.9 Å². The Bertz CT molecular complexity index is 493. The second-order valence-electron chi connectivity index (χ2n) is 6.19. The average Bonchev–Trinajstić information content (AvgIpc) is 2.51. The summed E-state index contributed by atoms with van der Waals surface area (Å²) in [7, 11) is 0. The number of hydrogen-bond donors (Lipinski definition) is 0. The van der Waals surface area contributed by atoms with Gasteiger partial charge >= 0.3 is 0 Å². The molecule has 0 saturated carbocycles. The number of benzene rings is 1. The van der Waals surface area contributed by atoms with Gasteiger partial charge in [-0.25, -0.2) is 0 Å². The average molecular weight is 305 g/mol. The predicted molar refractivity (Wildman–Crippen MR) is 87.2 cm³/mol. The highest BCUT2D eigenvalue weighted by Crippen LogP contribution is 2.28.